The number of urea groups is 1. The standard InChI is InChI=1S/C21H33N3O2/c1-17(2)16-23-24(20(22)26)19(25)13-15-21(3,4)14-9-8-12-18-10-6-5-7-11-18/h5-8,10-12,17,23H,9,13-16H2,1-4H3,(H2,22,26). The third-order valence-corrected chi connectivity index (χ3v) is 4.24. The number of nitrogens with zero attached hydrogens (tertiary/aromatic N) is 1. The molecule has 1 aromatic carbocycles. The SMILES string of the molecule is CC(C)CNN(C(N)=O)C(=O)CCC(C)(C)CCC=Cc1ccccc1. The Morgan fingerprint density at radius 1 is 1.19 bits per heavy atom. The molecule has 3 N–H and O–H groups in total. The number of hydrogen-bond acceptors (Lipinski definition) is 3. The van der Waals surface area contributed by atoms with Crippen molar-refractivity contribution in [3.8, 4) is 0 Å². The van der Waals surface area contributed by atoms with Crippen molar-refractivity contribution in [3.63, 3.8) is 0 Å². The van der Waals surface area contributed by atoms with Crippen molar-refractivity contribution in [1.82, 2.24) is 10.4 Å². The molecule has 0 aliphatic heterocycles. The van der Waals surface area contributed by atoms with E-state index in [9.17, 15) is 9.59 Å². The number of hydrogen-bond donors (Lipinski definition) is 2. The summed E-state index contributed by atoms with van der Waals surface area (Å²) in [7, 11) is 0. The molecule has 5 nitrogen and oxygen atoms in total. The molecule has 0 aliphatic rings. The zero-order valence-corrected chi connectivity index (χ0v) is 16.5. The minimum Gasteiger partial charge on any atom is -0.350 e. The average molecular weight is 360 g/mol. The number of carbonyl (C=O) groups is 2. The number of allylic oxidation sites excluding steroid dienone is 1. The van der Waals surface area contributed by atoms with Crippen LogP contribution in [-0.2, 0) is 4.79 Å². The fraction of sp³-hybridized carbons (Fsp3) is 0.524. The molecule has 5 heteroatoms. The first-order valence-electron chi connectivity index (χ1n) is 9.29. The van der Waals surface area contributed by atoms with Gasteiger partial charge in [0.1, 0.15) is 0 Å². The Morgan fingerprint density at radius 3 is 2.42 bits per heavy atom. The van der Waals surface area contributed by atoms with E-state index in [1.807, 2.05) is 32.0 Å². The fourth-order valence-corrected chi connectivity index (χ4v) is 2.50. The summed E-state index contributed by atoms with van der Waals surface area (Å²) in [6.45, 7) is 8.83. The molecule has 0 bridgehead atoms. The summed E-state index contributed by atoms with van der Waals surface area (Å²) in [4.78, 5) is 23.8. The quantitative estimate of drug-likeness (QED) is 0.610. The van der Waals surface area contributed by atoms with Crippen molar-refractivity contribution in [1.29, 1.82) is 0 Å². The van der Waals surface area contributed by atoms with Crippen LogP contribution < -0.4 is 11.2 Å². The molecule has 0 heterocycles. The number of hydrazine groups is 1. The first kappa shape index (κ1) is 21.9. The lowest BCUT2D eigenvalue weighted by molar-refractivity contribution is -0.131. The summed E-state index contributed by atoms with van der Waals surface area (Å²) in [5.74, 6) is 0.0449. The Kier molecular flexibility index (Phi) is 9.07. The second-order valence-corrected chi connectivity index (χ2v) is 7.84. The highest BCUT2D eigenvalue weighted by atomic mass is 16.2. The summed E-state index contributed by atoms with van der Waals surface area (Å²) < 4.78 is 0. The minimum absolute atomic E-state index is 0.0120. The molecule has 0 fully saturated rings. The third kappa shape index (κ3) is 8.81. The van der Waals surface area contributed by atoms with E-state index in [0.717, 1.165) is 17.9 Å². The van der Waals surface area contributed by atoms with Crippen LogP contribution in [0.5, 0.6) is 0 Å². The summed E-state index contributed by atoms with van der Waals surface area (Å²) in [6, 6.07) is 9.44. The zero-order chi connectivity index (χ0) is 19.6. The maximum absolute atomic E-state index is 12.3. The van der Waals surface area contributed by atoms with Gasteiger partial charge in [0.2, 0.25) is 5.91 Å². The van der Waals surface area contributed by atoms with E-state index in [1.165, 1.54) is 5.56 Å². The Morgan fingerprint density at radius 2 is 1.85 bits per heavy atom. The van der Waals surface area contributed by atoms with Gasteiger partial charge in [-0.25, -0.2) is 10.2 Å². The van der Waals surface area contributed by atoms with Crippen LogP contribution in [0.3, 0.4) is 0 Å². The fourth-order valence-electron chi connectivity index (χ4n) is 2.50. The molecule has 0 radical (unpaired) electrons. The van der Waals surface area contributed by atoms with Crippen molar-refractivity contribution in [2.24, 2.45) is 17.1 Å². The van der Waals surface area contributed by atoms with Crippen molar-refractivity contribution in [2.75, 3.05) is 6.54 Å². The Bertz CT molecular complexity index is 595. The molecule has 144 valence electrons. The monoisotopic (exact) mass is 359 g/mol. The molecule has 26 heavy (non-hydrogen) atoms. The molecule has 1 rings (SSSR count). The van der Waals surface area contributed by atoms with E-state index in [2.05, 4.69) is 43.6 Å². The van der Waals surface area contributed by atoms with Gasteiger partial charge in [0.15, 0.2) is 0 Å². The number of benzene rings is 1. The highest BCUT2D eigenvalue weighted by Gasteiger charge is 2.23. The van der Waals surface area contributed by atoms with Crippen molar-refractivity contribution in [2.45, 2.75) is 53.4 Å². The number of nitrogens with two attached hydrogens (primary N) is 1. The topological polar surface area (TPSA) is 75.4 Å². The molecular formula is C21H33N3O2. The second-order valence-electron chi connectivity index (χ2n) is 7.84. The maximum Gasteiger partial charge on any atom is 0.336 e. The molecule has 3 amide bonds. The normalized spacial score (nSPS) is 11.9. The van der Waals surface area contributed by atoms with Crippen LogP contribution in [0.1, 0.15) is 58.9 Å². The van der Waals surface area contributed by atoms with Crippen molar-refractivity contribution in [3.05, 3.63) is 42.0 Å². The van der Waals surface area contributed by atoms with Crippen molar-refractivity contribution < 1.29 is 9.59 Å². The lowest BCUT2D eigenvalue weighted by Gasteiger charge is -2.26. The predicted octanol–water partition coefficient (Wildman–Crippen LogP) is 4.35. The molecule has 0 unspecified atom stereocenters. The molecule has 0 saturated heterocycles. The Labute approximate surface area is 157 Å². The van der Waals surface area contributed by atoms with E-state index in [4.69, 9.17) is 5.73 Å². The molecule has 0 atom stereocenters. The predicted molar refractivity (Wildman–Crippen MR) is 107 cm³/mol. The van der Waals surface area contributed by atoms with Crippen LogP contribution in [0, 0.1) is 11.3 Å². The molecule has 0 spiro atoms. The minimum atomic E-state index is -0.751. The van der Waals surface area contributed by atoms with E-state index in [-0.39, 0.29) is 11.3 Å². The van der Waals surface area contributed by atoms with Gasteiger partial charge in [-0.2, -0.15) is 5.01 Å². The summed E-state index contributed by atoms with van der Waals surface area (Å²) >= 11 is 0. The number of amides is 3. The number of carbonyl (C=O) groups excluding carboxylic acids is 2. The first-order valence-corrected chi connectivity index (χ1v) is 9.29. The van der Waals surface area contributed by atoms with E-state index in [1.54, 1.807) is 0 Å². The van der Waals surface area contributed by atoms with Crippen LogP contribution in [-0.4, -0.2) is 23.5 Å². The highest BCUT2D eigenvalue weighted by molar-refractivity contribution is 5.93. The molecule has 0 saturated carbocycles. The number of nitrogens with one attached hydrogen (secondary N) is 1. The summed E-state index contributed by atoms with van der Waals surface area (Å²) in [5.41, 5.74) is 9.34. The third-order valence-electron chi connectivity index (χ3n) is 4.24. The number of imide groups is 1. The second kappa shape index (κ2) is 10.8. The molecule has 1 aromatic rings. The summed E-state index contributed by atoms with van der Waals surface area (Å²) in [6.07, 6.45) is 7.20. The largest absolute Gasteiger partial charge is 0.350 e. The number of rotatable bonds is 10. The van der Waals surface area contributed by atoms with Gasteiger partial charge < -0.3 is 5.73 Å². The van der Waals surface area contributed by atoms with Gasteiger partial charge in [0.25, 0.3) is 0 Å². The van der Waals surface area contributed by atoms with E-state index >= 15 is 0 Å². The van der Waals surface area contributed by atoms with E-state index in [0.29, 0.717) is 25.3 Å². The van der Waals surface area contributed by atoms with Crippen LogP contribution in [0.25, 0.3) is 6.08 Å². The van der Waals surface area contributed by atoms with Gasteiger partial charge in [0, 0.05) is 13.0 Å². The van der Waals surface area contributed by atoms with Gasteiger partial charge in [-0.3, -0.25) is 4.79 Å². The molecule has 0 aliphatic carbocycles. The average Bonchev–Trinajstić information content (AvgIpc) is 2.57. The Balaban J connectivity index is 2.43. The lowest BCUT2D eigenvalue weighted by Crippen LogP contribution is -2.51. The van der Waals surface area contributed by atoms with Crippen LogP contribution >= 0.6 is 0 Å². The smallest absolute Gasteiger partial charge is 0.336 e. The highest BCUT2D eigenvalue weighted by Crippen LogP contribution is 2.29. The van der Waals surface area contributed by atoms with E-state index < -0.39 is 6.03 Å². The summed E-state index contributed by atoms with van der Waals surface area (Å²) in [5, 5.41) is 0.950. The molecule has 0 aromatic heterocycles. The maximum atomic E-state index is 12.3. The zero-order valence-electron chi connectivity index (χ0n) is 16.5. The van der Waals surface area contributed by atoms with Crippen LogP contribution in [0.15, 0.2) is 36.4 Å². The van der Waals surface area contributed by atoms with Gasteiger partial charge >= 0.3 is 6.03 Å². The van der Waals surface area contributed by atoms with Crippen LogP contribution in [0.4, 0.5) is 4.79 Å². The first-order chi connectivity index (χ1) is 12.2. The van der Waals surface area contributed by atoms with Gasteiger partial charge in [0.05, 0.1) is 0 Å². The lowest BCUT2D eigenvalue weighted by atomic mass is 9.83. The molecular weight excluding hydrogens is 326 g/mol. The number of primary amides is 1. The van der Waals surface area contributed by atoms with Crippen LogP contribution in [0.2, 0.25) is 0 Å². The van der Waals surface area contributed by atoms with Gasteiger partial charge in [-0.05, 0) is 36.2 Å². The van der Waals surface area contributed by atoms with Gasteiger partial charge in [-0.15, -0.1) is 0 Å². The van der Waals surface area contributed by atoms with Crippen molar-refractivity contribution >= 4 is 18.0 Å². The van der Waals surface area contributed by atoms with Gasteiger partial charge in [-0.1, -0.05) is 70.2 Å². The Hall–Kier alpha value is -2.14.